The minimum Gasteiger partial charge on any atom is -0.327 e. The summed E-state index contributed by atoms with van der Waals surface area (Å²) in [5.74, 6) is 2.62. The summed E-state index contributed by atoms with van der Waals surface area (Å²) in [4.78, 5) is 2.39. The van der Waals surface area contributed by atoms with E-state index in [2.05, 4.69) is 30.6 Å². The highest BCUT2D eigenvalue weighted by molar-refractivity contribution is 7.99. The van der Waals surface area contributed by atoms with E-state index in [0.29, 0.717) is 6.04 Å². The molecule has 0 spiro atoms. The molecule has 2 nitrogen and oxygen atoms in total. The molecule has 2 atom stereocenters. The first kappa shape index (κ1) is 9.36. The minimum atomic E-state index is 0.311. The molecule has 1 fully saturated rings. The van der Waals surface area contributed by atoms with Crippen LogP contribution in [0.3, 0.4) is 0 Å². The molecule has 0 saturated carbocycles. The van der Waals surface area contributed by atoms with Gasteiger partial charge in [0.25, 0.3) is 0 Å². The van der Waals surface area contributed by atoms with Gasteiger partial charge in [-0.15, -0.1) is 0 Å². The van der Waals surface area contributed by atoms with Crippen molar-refractivity contribution in [3.63, 3.8) is 0 Å². The molecule has 1 aliphatic heterocycles. The summed E-state index contributed by atoms with van der Waals surface area (Å²) in [7, 11) is 2.18. The Hall–Kier alpha value is 0.270. The summed E-state index contributed by atoms with van der Waals surface area (Å²) in [6.07, 6.45) is 1.34. The van der Waals surface area contributed by atoms with Crippen LogP contribution in [0.4, 0.5) is 0 Å². The van der Waals surface area contributed by atoms with Crippen molar-refractivity contribution < 1.29 is 0 Å². The van der Waals surface area contributed by atoms with E-state index in [1.807, 2.05) is 0 Å². The average molecular weight is 174 g/mol. The lowest BCUT2D eigenvalue weighted by atomic mass is 10.2. The standard InChI is InChI=1S/C8H18N2S/c1-7(9)5-10(2)8-3-4-11-6-8/h7-8H,3-6,9H2,1-2H3/t7-,8?/m0/s1. The molecule has 0 aromatic rings. The van der Waals surface area contributed by atoms with Crippen molar-refractivity contribution in [2.45, 2.75) is 25.4 Å². The van der Waals surface area contributed by atoms with E-state index in [1.54, 1.807) is 0 Å². The topological polar surface area (TPSA) is 29.3 Å². The van der Waals surface area contributed by atoms with Crippen molar-refractivity contribution in [2.75, 3.05) is 25.1 Å². The van der Waals surface area contributed by atoms with Crippen LogP contribution in [-0.4, -0.2) is 42.1 Å². The predicted octanol–water partition coefficient (Wildman–Crippen LogP) is 0.771. The van der Waals surface area contributed by atoms with Crippen LogP contribution in [-0.2, 0) is 0 Å². The second-order valence-electron chi connectivity index (χ2n) is 3.43. The van der Waals surface area contributed by atoms with E-state index in [0.717, 1.165) is 12.6 Å². The molecule has 0 amide bonds. The largest absolute Gasteiger partial charge is 0.327 e. The third kappa shape index (κ3) is 3.01. The first-order valence-electron chi connectivity index (χ1n) is 4.23. The van der Waals surface area contributed by atoms with Gasteiger partial charge < -0.3 is 10.6 Å². The van der Waals surface area contributed by atoms with Gasteiger partial charge in [0.05, 0.1) is 0 Å². The fraction of sp³-hybridized carbons (Fsp3) is 1.00. The van der Waals surface area contributed by atoms with Crippen LogP contribution >= 0.6 is 11.8 Å². The number of likely N-dealkylation sites (N-methyl/N-ethyl adjacent to an activating group) is 1. The summed E-state index contributed by atoms with van der Waals surface area (Å²) < 4.78 is 0. The summed E-state index contributed by atoms with van der Waals surface area (Å²) >= 11 is 2.06. The molecule has 3 heteroatoms. The van der Waals surface area contributed by atoms with Gasteiger partial charge in [0, 0.05) is 24.4 Å². The van der Waals surface area contributed by atoms with Crippen LogP contribution < -0.4 is 5.73 Å². The molecule has 0 radical (unpaired) electrons. The van der Waals surface area contributed by atoms with Crippen LogP contribution in [0.25, 0.3) is 0 Å². The third-order valence-corrected chi connectivity index (χ3v) is 3.25. The van der Waals surface area contributed by atoms with E-state index in [4.69, 9.17) is 5.73 Å². The Bertz CT molecular complexity index is 111. The number of nitrogens with zero attached hydrogens (tertiary/aromatic N) is 1. The van der Waals surface area contributed by atoms with E-state index in [9.17, 15) is 0 Å². The van der Waals surface area contributed by atoms with Gasteiger partial charge in [-0.25, -0.2) is 0 Å². The van der Waals surface area contributed by atoms with Crippen LogP contribution in [0.15, 0.2) is 0 Å². The molecule has 0 bridgehead atoms. The Morgan fingerprint density at radius 2 is 2.45 bits per heavy atom. The fourth-order valence-corrected chi connectivity index (χ4v) is 2.77. The smallest absolute Gasteiger partial charge is 0.0191 e. The molecule has 1 aliphatic rings. The first-order valence-corrected chi connectivity index (χ1v) is 5.39. The Morgan fingerprint density at radius 1 is 1.73 bits per heavy atom. The molecule has 0 aliphatic carbocycles. The van der Waals surface area contributed by atoms with Crippen molar-refractivity contribution in [1.82, 2.24) is 4.90 Å². The Morgan fingerprint density at radius 3 is 2.91 bits per heavy atom. The van der Waals surface area contributed by atoms with Gasteiger partial charge in [-0.05, 0) is 26.1 Å². The lowest BCUT2D eigenvalue weighted by Gasteiger charge is -2.24. The maximum absolute atomic E-state index is 5.71. The van der Waals surface area contributed by atoms with Crippen molar-refractivity contribution in [3.8, 4) is 0 Å². The van der Waals surface area contributed by atoms with Crippen LogP contribution in [0, 0.1) is 0 Å². The highest BCUT2D eigenvalue weighted by atomic mass is 32.2. The molecule has 1 unspecified atom stereocenters. The maximum Gasteiger partial charge on any atom is 0.0191 e. The Kier molecular flexibility index (Phi) is 3.69. The van der Waals surface area contributed by atoms with Gasteiger partial charge in [-0.2, -0.15) is 11.8 Å². The highest BCUT2D eigenvalue weighted by Gasteiger charge is 2.19. The highest BCUT2D eigenvalue weighted by Crippen LogP contribution is 2.20. The van der Waals surface area contributed by atoms with Gasteiger partial charge in [0.1, 0.15) is 0 Å². The van der Waals surface area contributed by atoms with Crippen LogP contribution in [0.1, 0.15) is 13.3 Å². The second kappa shape index (κ2) is 4.33. The van der Waals surface area contributed by atoms with E-state index >= 15 is 0 Å². The van der Waals surface area contributed by atoms with Gasteiger partial charge in [0.15, 0.2) is 0 Å². The average Bonchev–Trinajstić information content (AvgIpc) is 2.35. The van der Waals surface area contributed by atoms with Gasteiger partial charge in [0.2, 0.25) is 0 Å². The lowest BCUT2D eigenvalue weighted by Crippen LogP contribution is -2.39. The monoisotopic (exact) mass is 174 g/mol. The van der Waals surface area contributed by atoms with Gasteiger partial charge >= 0.3 is 0 Å². The fourth-order valence-electron chi connectivity index (χ4n) is 1.47. The number of hydrogen-bond acceptors (Lipinski definition) is 3. The Balaban J connectivity index is 2.22. The second-order valence-corrected chi connectivity index (χ2v) is 4.58. The molecule has 1 saturated heterocycles. The molecule has 11 heavy (non-hydrogen) atoms. The minimum absolute atomic E-state index is 0.311. The molecule has 1 heterocycles. The van der Waals surface area contributed by atoms with Crippen molar-refractivity contribution in [3.05, 3.63) is 0 Å². The van der Waals surface area contributed by atoms with Gasteiger partial charge in [-0.3, -0.25) is 0 Å². The first-order chi connectivity index (χ1) is 5.20. The van der Waals surface area contributed by atoms with Crippen molar-refractivity contribution in [1.29, 1.82) is 0 Å². The predicted molar refractivity (Wildman–Crippen MR) is 52.0 cm³/mol. The summed E-state index contributed by atoms with van der Waals surface area (Å²) in [5.41, 5.74) is 5.71. The van der Waals surface area contributed by atoms with Gasteiger partial charge in [-0.1, -0.05) is 0 Å². The number of hydrogen-bond donors (Lipinski definition) is 1. The summed E-state index contributed by atoms with van der Waals surface area (Å²) in [6, 6.07) is 1.09. The molecule has 66 valence electrons. The molecular weight excluding hydrogens is 156 g/mol. The number of rotatable bonds is 3. The van der Waals surface area contributed by atoms with E-state index in [1.165, 1.54) is 17.9 Å². The SMILES string of the molecule is C[C@H](N)CN(C)C1CCSC1. The number of nitrogens with two attached hydrogens (primary N) is 1. The van der Waals surface area contributed by atoms with E-state index < -0.39 is 0 Å². The third-order valence-electron chi connectivity index (χ3n) is 2.10. The normalized spacial score (nSPS) is 27.8. The molecular formula is C8H18N2S. The zero-order valence-electron chi connectivity index (χ0n) is 7.42. The summed E-state index contributed by atoms with van der Waals surface area (Å²) in [6.45, 7) is 3.10. The summed E-state index contributed by atoms with van der Waals surface area (Å²) in [5, 5.41) is 0. The molecule has 0 aromatic carbocycles. The quantitative estimate of drug-likeness (QED) is 0.685. The Labute approximate surface area is 73.5 Å². The zero-order valence-corrected chi connectivity index (χ0v) is 8.23. The van der Waals surface area contributed by atoms with Crippen molar-refractivity contribution >= 4 is 11.8 Å². The number of thioether (sulfide) groups is 1. The lowest BCUT2D eigenvalue weighted by molar-refractivity contribution is 0.251. The van der Waals surface area contributed by atoms with Crippen LogP contribution in [0.5, 0.6) is 0 Å². The van der Waals surface area contributed by atoms with Crippen molar-refractivity contribution in [2.24, 2.45) is 5.73 Å². The molecule has 0 aromatic heterocycles. The maximum atomic E-state index is 5.71. The zero-order chi connectivity index (χ0) is 8.27. The van der Waals surface area contributed by atoms with E-state index in [-0.39, 0.29) is 0 Å². The molecule has 1 rings (SSSR count). The molecule has 2 N–H and O–H groups in total. The van der Waals surface area contributed by atoms with Crippen LogP contribution in [0.2, 0.25) is 0 Å².